The van der Waals surface area contributed by atoms with Crippen LogP contribution in [-0.2, 0) is 14.3 Å². The molecular formula is C14H15NO3. The van der Waals surface area contributed by atoms with Crippen LogP contribution in [-0.4, -0.2) is 24.5 Å². The van der Waals surface area contributed by atoms with Gasteiger partial charge in [-0.05, 0) is 5.56 Å². The van der Waals surface area contributed by atoms with Gasteiger partial charge in [-0.3, -0.25) is 4.79 Å². The average molecular weight is 245 g/mol. The fourth-order valence-electron chi connectivity index (χ4n) is 1.93. The van der Waals surface area contributed by atoms with Gasteiger partial charge in [-0.15, -0.1) is 0 Å². The summed E-state index contributed by atoms with van der Waals surface area (Å²) >= 11 is 0. The number of esters is 1. The van der Waals surface area contributed by atoms with E-state index in [0.717, 1.165) is 11.3 Å². The van der Waals surface area contributed by atoms with Gasteiger partial charge in [0.15, 0.2) is 5.76 Å². The number of carbonyl (C=O) groups excluding carboxylic acids is 1. The molecule has 0 saturated heterocycles. The molecule has 0 spiro atoms. The normalized spacial score (nSPS) is 22.2. The molecule has 18 heavy (non-hydrogen) atoms. The van der Waals surface area contributed by atoms with E-state index >= 15 is 0 Å². The van der Waals surface area contributed by atoms with Crippen molar-refractivity contribution >= 4 is 11.7 Å². The lowest BCUT2D eigenvalue weighted by Crippen LogP contribution is -2.30. The van der Waals surface area contributed by atoms with E-state index in [1.54, 1.807) is 13.0 Å². The summed E-state index contributed by atoms with van der Waals surface area (Å²) in [6, 6.07) is 9.69. The molecule has 4 nitrogen and oxygen atoms in total. The highest BCUT2D eigenvalue weighted by Gasteiger charge is 2.38. The van der Waals surface area contributed by atoms with Crippen molar-refractivity contribution in [2.75, 3.05) is 7.11 Å². The molecule has 1 aliphatic heterocycles. The van der Waals surface area contributed by atoms with Gasteiger partial charge in [0.25, 0.3) is 5.72 Å². The minimum absolute atomic E-state index is 0.390. The number of allylic oxidation sites excluding steroid dienone is 1. The molecule has 0 N–H and O–H groups in total. The molecule has 0 radical (unpaired) electrons. The van der Waals surface area contributed by atoms with Crippen LogP contribution in [0.4, 0.5) is 0 Å². The lowest BCUT2D eigenvalue weighted by Gasteiger charge is -2.22. The first-order chi connectivity index (χ1) is 8.55. The van der Waals surface area contributed by atoms with Crippen LogP contribution in [0.1, 0.15) is 19.4 Å². The van der Waals surface area contributed by atoms with Crippen LogP contribution in [0, 0.1) is 0 Å². The Morgan fingerprint density at radius 1 is 1.28 bits per heavy atom. The van der Waals surface area contributed by atoms with E-state index in [1.165, 1.54) is 14.0 Å². The average Bonchev–Trinajstić information content (AvgIpc) is 2.66. The van der Waals surface area contributed by atoms with Crippen molar-refractivity contribution < 1.29 is 14.3 Å². The summed E-state index contributed by atoms with van der Waals surface area (Å²) in [5, 5.41) is 0. The molecule has 0 amide bonds. The molecule has 0 fully saturated rings. The summed E-state index contributed by atoms with van der Waals surface area (Å²) in [4.78, 5) is 15.6. The lowest BCUT2D eigenvalue weighted by molar-refractivity contribution is -0.153. The van der Waals surface area contributed by atoms with Gasteiger partial charge < -0.3 is 9.47 Å². The zero-order valence-corrected chi connectivity index (χ0v) is 10.6. The van der Waals surface area contributed by atoms with E-state index in [4.69, 9.17) is 9.47 Å². The molecule has 1 heterocycles. The third-order valence-electron chi connectivity index (χ3n) is 2.69. The molecule has 4 heteroatoms. The van der Waals surface area contributed by atoms with Gasteiger partial charge in [0, 0.05) is 19.9 Å². The second-order valence-electron chi connectivity index (χ2n) is 4.15. The van der Waals surface area contributed by atoms with Crippen LogP contribution in [0.2, 0.25) is 0 Å². The SMILES string of the molecule is COC1=CC(c2ccccc2)=NC1(C)OC(C)=O. The molecule has 1 atom stereocenters. The number of hydrogen-bond acceptors (Lipinski definition) is 4. The van der Waals surface area contributed by atoms with Crippen molar-refractivity contribution in [3.05, 3.63) is 47.7 Å². The molecule has 94 valence electrons. The van der Waals surface area contributed by atoms with E-state index in [-0.39, 0.29) is 0 Å². The maximum Gasteiger partial charge on any atom is 0.305 e. The molecule has 1 unspecified atom stereocenters. The first-order valence-corrected chi connectivity index (χ1v) is 5.66. The van der Waals surface area contributed by atoms with Crippen LogP contribution >= 0.6 is 0 Å². The smallest absolute Gasteiger partial charge is 0.305 e. The Hall–Kier alpha value is -2.10. The molecule has 1 aromatic rings. The fraction of sp³-hybridized carbons (Fsp3) is 0.286. The number of aliphatic imine (C=N–C) groups is 1. The topological polar surface area (TPSA) is 47.9 Å². The predicted octanol–water partition coefficient (Wildman–Crippen LogP) is 2.30. The molecule has 2 rings (SSSR count). The van der Waals surface area contributed by atoms with E-state index < -0.39 is 11.7 Å². The van der Waals surface area contributed by atoms with Crippen molar-refractivity contribution in [1.29, 1.82) is 0 Å². The second-order valence-corrected chi connectivity index (χ2v) is 4.15. The summed E-state index contributed by atoms with van der Waals surface area (Å²) in [5.41, 5.74) is 0.644. The summed E-state index contributed by atoms with van der Waals surface area (Å²) in [6.07, 6.45) is 1.79. The minimum atomic E-state index is -1.06. The van der Waals surface area contributed by atoms with Crippen molar-refractivity contribution in [1.82, 2.24) is 0 Å². The molecule has 0 aliphatic carbocycles. The number of nitrogens with zero attached hydrogens (tertiary/aromatic N) is 1. The Morgan fingerprint density at radius 2 is 1.94 bits per heavy atom. The molecular weight excluding hydrogens is 230 g/mol. The number of rotatable bonds is 3. The van der Waals surface area contributed by atoms with Crippen LogP contribution in [0.3, 0.4) is 0 Å². The number of methoxy groups -OCH3 is 1. The van der Waals surface area contributed by atoms with Crippen molar-refractivity contribution in [3.8, 4) is 0 Å². The standard InChI is InChI=1S/C14H15NO3/c1-10(16)18-14(2)13(17-3)9-12(15-14)11-7-5-4-6-8-11/h4-9H,1-3H3. The van der Waals surface area contributed by atoms with Crippen LogP contribution in [0.15, 0.2) is 47.2 Å². The van der Waals surface area contributed by atoms with E-state index in [0.29, 0.717) is 5.76 Å². The quantitative estimate of drug-likeness (QED) is 0.768. The second kappa shape index (κ2) is 4.64. The highest BCUT2D eigenvalue weighted by molar-refractivity contribution is 6.10. The van der Waals surface area contributed by atoms with Gasteiger partial charge in [-0.25, -0.2) is 4.99 Å². The fourth-order valence-corrected chi connectivity index (χ4v) is 1.93. The van der Waals surface area contributed by atoms with Crippen molar-refractivity contribution in [2.24, 2.45) is 4.99 Å². The first kappa shape index (κ1) is 12.4. The maximum atomic E-state index is 11.1. The first-order valence-electron chi connectivity index (χ1n) is 5.66. The summed E-state index contributed by atoms with van der Waals surface area (Å²) in [5.74, 6) is 0.134. The third kappa shape index (κ3) is 2.27. The van der Waals surface area contributed by atoms with Gasteiger partial charge >= 0.3 is 5.97 Å². The number of hydrogen-bond donors (Lipinski definition) is 0. The number of carbonyl (C=O) groups is 1. The minimum Gasteiger partial charge on any atom is -0.495 e. The molecule has 0 aromatic heterocycles. The maximum absolute atomic E-state index is 11.1. The molecule has 0 bridgehead atoms. The Labute approximate surface area is 106 Å². The zero-order chi connectivity index (χ0) is 13.2. The Bertz CT molecular complexity index is 519. The number of ether oxygens (including phenoxy) is 2. The van der Waals surface area contributed by atoms with Gasteiger partial charge in [-0.1, -0.05) is 30.3 Å². The summed E-state index contributed by atoms with van der Waals surface area (Å²) < 4.78 is 10.5. The summed E-state index contributed by atoms with van der Waals surface area (Å²) in [6.45, 7) is 3.06. The van der Waals surface area contributed by atoms with E-state index in [2.05, 4.69) is 4.99 Å². The zero-order valence-electron chi connectivity index (χ0n) is 10.6. The van der Waals surface area contributed by atoms with Crippen LogP contribution < -0.4 is 0 Å². The van der Waals surface area contributed by atoms with E-state index in [9.17, 15) is 4.79 Å². The third-order valence-corrected chi connectivity index (χ3v) is 2.69. The van der Waals surface area contributed by atoms with Gasteiger partial charge in [0.1, 0.15) is 0 Å². The molecule has 1 aliphatic rings. The highest BCUT2D eigenvalue weighted by atomic mass is 16.6. The summed E-state index contributed by atoms with van der Waals surface area (Å²) in [7, 11) is 1.54. The van der Waals surface area contributed by atoms with E-state index in [1.807, 2.05) is 30.3 Å². The lowest BCUT2D eigenvalue weighted by atomic mass is 10.1. The highest BCUT2D eigenvalue weighted by Crippen LogP contribution is 2.31. The molecule has 1 aromatic carbocycles. The Morgan fingerprint density at radius 3 is 2.50 bits per heavy atom. The largest absolute Gasteiger partial charge is 0.495 e. The monoisotopic (exact) mass is 245 g/mol. The van der Waals surface area contributed by atoms with Crippen LogP contribution in [0.25, 0.3) is 0 Å². The van der Waals surface area contributed by atoms with Gasteiger partial charge in [0.2, 0.25) is 0 Å². The van der Waals surface area contributed by atoms with Crippen molar-refractivity contribution in [2.45, 2.75) is 19.6 Å². The Balaban J connectivity index is 2.38. The number of benzene rings is 1. The Kier molecular flexibility index (Phi) is 3.19. The predicted molar refractivity (Wildman–Crippen MR) is 68.2 cm³/mol. The van der Waals surface area contributed by atoms with Crippen molar-refractivity contribution in [3.63, 3.8) is 0 Å². The van der Waals surface area contributed by atoms with Crippen LogP contribution in [0.5, 0.6) is 0 Å². The van der Waals surface area contributed by atoms with Gasteiger partial charge in [-0.2, -0.15) is 0 Å². The van der Waals surface area contributed by atoms with Gasteiger partial charge in [0.05, 0.1) is 12.8 Å². The molecule has 0 saturated carbocycles.